The Hall–Kier alpha value is -0.800. The number of piperazine rings is 3. The van der Waals surface area contributed by atoms with E-state index in [9.17, 15) is 0 Å². The van der Waals surface area contributed by atoms with E-state index in [4.69, 9.17) is 23.7 Å². The predicted octanol–water partition coefficient (Wildman–Crippen LogP) is 14.7. The third-order valence-corrected chi connectivity index (χ3v) is 29.2. The van der Waals surface area contributed by atoms with Crippen LogP contribution in [0.5, 0.6) is 0 Å². The molecule has 8 bridgehead atoms. The maximum absolute atomic E-state index is 5.74. The van der Waals surface area contributed by atoms with Crippen molar-refractivity contribution in [1.82, 2.24) is 73.5 Å². The van der Waals surface area contributed by atoms with Crippen molar-refractivity contribution in [2.45, 2.75) is 410 Å². The van der Waals surface area contributed by atoms with E-state index in [1.54, 1.807) is 0 Å². The van der Waals surface area contributed by atoms with Gasteiger partial charge >= 0.3 is 0 Å². The SMILES string of the molecule is CC(C)N1C2CCC1COC2.CC(C)N1CC2CC2C1.CC(C)N1CC2CCC(C1)O2.CC(C)N1CCCC1.CC(C)N1CCCCC1.CC(C)N1CCCCC1.CC(C)N1CCN(C(C)C)CC1.CC(C)N1CCN(C)CC1.CC(C)N1CCOCC1.CC(C)N1C[C@@H]2C[C@H]1CO2.CC(C)N1C[C@H]2C[C@@H]1CO2.CCN1CCN(C(C)C)CC1. The second-order valence-corrected chi connectivity index (χ2v) is 42.3. The predicted molar refractivity (Wildman–Crippen MR) is 509 cm³/mol. The van der Waals surface area contributed by atoms with E-state index in [0.717, 1.165) is 150 Å². The lowest BCUT2D eigenvalue weighted by Crippen LogP contribution is -2.50. The van der Waals surface area contributed by atoms with Gasteiger partial charge in [-0.2, -0.15) is 0 Å². The highest BCUT2D eigenvalue weighted by molar-refractivity contribution is 4.98. The van der Waals surface area contributed by atoms with Crippen LogP contribution < -0.4 is 0 Å². The van der Waals surface area contributed by atoms with E-state index in [1.165, 1.54) is 247 Å². The smallest absolute Gasteiger partial charge is 0.0718 e. The van der Waals surface area contributed by atoms with Crippen LogP contribution in [0, 0.1) is 11.8 Å². The van der Waals surface area contributed by atoms with Gasteiger partial charge in [0.1, 0.15) is 0 Å². The van der Waals surface area contributed by atoms with Crippen molar-refractivity contribution >= 4 is 0 Å². The van der Waals surface area contributed by atoms with Crippen molar-refractivity contribution in [2.24, 2.45) is 11.8 Å². The Morgan fingerprint density at radius 1 is 0.252 bits per heavy atom. The fourth-order valence-electron chi connectivity index (χ4n) is 20.5. The molecule has 0 N–H and O–H groups in total. The zero-order valence-corrected chi connectivity index (χ0v) is 84.0. The van der Waals surface area contributed by atoms with E-state index < -0.39 is 0 Å². The van der Waals surface area contributed by atoms with E-state index in [-0.39, 0.29) is 0 Å². The standard InChI is InChI=1S/C10H22N2.C9H20N2.2C9H17NO.C8H18N2.2C8H15NO.C8H15N.2C8H17N.C7H15NO.C7H15N/c1-9(2)11-5-7-12(8-6-11)10(3)4;1-4-10-5-7-11(8-6-10)9(2)3;1-7(2)10-8-3-4-9(10)6-11-5-8;1-7(2)10-5-8-3-4-9(6-10)11-8;1-8(2)10-6-4-9(3)5-7-10;2*1-6(2)9-4-8-3-7(9)5-10-8;1-6(2)9-4-7-3-8(7)5-9;2*1-8(2)9-6-4-3-5-7-9;1-7(2)8-3-5-9-6-4-8;1-7(2)8-5-3-4-6-8/h9-10H,5-8H2,1-4H3;9H,4-8H2,1-3H3;2*7-9H,3-6H2,1-2H3;8H,4-7H2,1-3H3;2*6-8H,3-5H2,1-2H3;6-8H,3-5H2,1-2H3;2*8H,3-7H2,1-2H3;7H,3-6H2,1-2H3;7H,3-6H2,1-2H3/t;;;;;2*7-,8-;;;;;/m.....10...../s1. The van der Waals surface area contributed by atoms with Gasteiger partial charge in [0.15, 0.2) is 0 Å². The Balaban J connectivity index is 0.000000202. The van der Waals surface area contributed by atoms with Crippen LogP contribution in [0.1, 0.15) is 283 Å². The van der Waals surface area contributed by atoms with Crippen LogP contribution in [0.2, 0.25) is 0 Å². The molecular formula is C99H203N15O5. The first-order valence-electron chi connectivity index (χ1n) is 50.8. The van der Waals surface area contributed by atoms with Crippen molar-refractivity contribution in [2.75, 3.05) is 223 Å². The normalized spacial score (nSPS) is 30.1. The number of hydrogen-bond acceptors (Lipinski definition) is 20. The molecule has 1 saturated carbocycles. The molecule has 20 nitrogen and oxygen atoms in total. The monoisotopic (exact) mass is 1680 g/mol. The summed E-state index contributed by atoms with van der Waals surface area (Å²) >= 11 is 0. The Morgan fingerprint density at radius 2 is 0.555 bits per heavy atom. The molecule has 0 aromatic carbocycles. The van der Waals surface area contributed by atoms with Crippen molar-refractivity contribution in [3.8, 4) is 0 Å². The number of hydrogen-bond donors (Lipinski definition) is 0. The molecular weight excluding hydrogens is 1480 g/mol. The molecule has 1 aliphatic carbocycles. The molecule has 0 aromatic rings. The topological polar surface area (TPSA) is 94.8 Å². The summed E-state index contributed by atoms with van der Waals surface area (Å²) in [6, 6.07) is 12.5. The van der Waals surface area contributed by atoms with Crippen LogP contribution >= 0.6 is 0 Å². The van der Waals surface area contributed by atoms with E-state index >= 15 is 0 Å². The highest BCUT2D eigenvalue weighted by atomic mass is 16.5. The second-order valence-electron chi connectivity index (χ2n) is 42.3. The lowest BCUT2D eigenvalue weighted by Gasteiger charge is -2.38. The zero-order valence-electron chi connectivity index (χ0n) is 84.0. The summed E-state index contributed by atoms with van der Waals surface area (Å²) < 4.78 is 27.4. The number of morpholine rings is 5. The molecule has 17 fully saturated rings. The summed E-state index contributed by atoms with van der Waals surface area (Å²) in [5.41, 5.74) is 0. The minimum atomic E-state index is 0.552. The molecule has 119 heavy (non-hydrogen) atoms. The summed E-state index contributed by atoms with van der Waals surface area (Å²) in [5.74, 6) is 2.21. The molecule has 16 saturated heterocycles. The molecule has 17 aliphatic rings. The van der Waals surface area contributed by atoms with E-state index in [0.29, 0.717) is 54.6 Å². The van der Waals surface area contributed by atoms with Crippen molar-refractivity contribution < 1.29 is 23.7 Å². The molecule has 10 atom stereocenters. The molecule has 0 radical (unpaired) electrons. The first-order valence-corrected chi connectivity index (χ1v) is 50.8. The summed E-state index contributed by atoms with van der Waals surface area (Å²) in [5, 5.41) is 0. The van der Waals surface area contributed by atoms with Gasteiger partial charge in [0.05, 0.1) is 64.1 Å². The Labute approximate surface area is 738 Å². The van der Waals surface area contributed by atoms with Gasteiger partial charge in [-0.3, -0.25) is 44.1 Å². The first-order chi connectivity index (χ1) is 56.6. The Bertz CT molecular complexity index is 2340. The van der Waals surface area contributed by atoms with Gasteiger partial charge in [-0.15, -0.1) is 0 Å². The van der Waals surface area contributed by atoms with Crippen molar-refractivity contribution in [1.29, 1.82) is 0 Å². The average Bonchev–Trinajstić information content (AvgIpc) is 1.65. The van der Waals surface area contributed by atoms with Crippen LogP contribution in [0.25, 0.3) is 0 Å². The number of ether oxygens (including phenoxy) is 5. The van der Waals surface area contributed by atoms with Gasteiger partial charge in [-0.05, 0) is 328 Å². The summed E-state index contributed by atoms with van der Waals surface area (Å²) in [6.07, 6.45) is 23.0. The van der Waals surface area contributed by atoms with Gasteiger partial charge < -0.3 is 53.1 Å². The minimum Gasteiger partial charge on any atom is -0.379 e. The van der Waals surface area contributed by atoms with Gasteiger partial charge in [0.25, 0.3) is 0 Å². The highest BCUT2D eigenvalue weighted by Crippen LogP contribution is 2.45. The maximum Gasteiger partial charge on any atom is 0.0718 e. The fourth-order valence-corrected chi connectivity index (χ4v) is 20.5. The molecule has 20 heteroatoms. The third kappa shape index (κ3) is 39.6. The minimum absolute atomic E-state index is 0.552. The van der Waals surface area contributed by atoms with Gasteiger partial charge in [0, 0.05) is 234 Å². The number of likely N-dealkylation sites (N-methyl/N-ethyl adjacent to an activating group) is 2. The van der Waals surface area contributed by atoms with Crippen LogP contribution in [0.15, 0.2) is 0 Å². The summed E-state index contributed by atoms with van der Waals surface area (Å²) in [4.78, 5) is 38.0. The van der Waals surface area contributed by atoms with Gasteiger partial charge in [-0.25, -0.2) is 0 Å². The molecule has 0 amide bonds. The molecule has 704 valence electrons. The van der Waals surface area contributed by atoms with Crippen LogP contribution in [0.4, 0.5) is 0 Å². The molecule has 16 heterocycles. The Morgan fingerprint density at radius 3 is 0.807 bits per heavy atom. The number of piperidine rings is 3. The number of likely N-dealkylation sites (tertiary alicyclic amines) is 7. The number of rotatable bonds is 14. The molecule has 6 unspecified atom stereocenters. The largest absolute Gasteiger partial charge is 0.379 e. The lowest BCUT2D eigenvalue weighted by molar-refractivity contribution is -0.0480. The van der Waals surface area contributed by atoms with Crippen molar-refractivity contribution in [3.05, 3.63) is 0 Å². The zero-order chi connectivity index (χ0) is 87.4. The fraction of sp³-hybridized carbons (Fsp3) is 1.00. The maximum atomic E-state index is 5.74. The van der Waals surface area contributed by atoms with E-state index in [2.05, 4.69) is 267 Å². The molecule has 0 aromatic heterocycles. The third-order valence-electron chi connectivity index (χ3n) is 29.2. The van der Waals surface area contributed by atoms with Gasteiger partial charge in [0.2, 0.25) is 0 Å². The molecule has 16 aliphatic heterocycles. The Kier molecular flexibility index (Phi) is 51.5. The van der Waals surface area contributed by atoms with Gasteiger partial charge in [-0.1, -0.05) is 19.8 Å². The van der Waals surface area contributed by atoms with E-state index in [1.807, 2.05) is 0 Å². The highest BCUT2D eigenvalue weighted by Gasteiger charge is 2.46. The molecule has 17 rings (SSSR count). The number of nitrogens with zero attached hydrogens (tertiary/aromatic N) is 15. The van der Waals surface area contributed by atoms with Crippen LogP contribution in [0.3, 0.4) is 0 Å². The summed E-state index contributed by atoms with van der Waals surface area (Å²) in [7, 11) is 2.19. The quantitative estimate of drug-likeness (QED) is 0.165. The lowest BCUT2D eigenvalue weighted by atomic mass is 10.1. The van der Waals surface area contributed by atoms with Crippen LogP contribution in [-0.4, -0.2) is 424 Å². The summed E-state index contributed by atoms with van der Waals surface area (Å²) in [6.45, 7) is 101. The van der Waals surface area contributed by atoms with Crippen molar-refractivity contribution in [3.63, 3.8) is 0 Å². The molecule has 0 spiro atoms. The second kappa shape index (κ2) is 57.3. The first kappa shape index (κ1) is 107. The number of fused-ring (bicyclic) bond motifs is 9. The average molecular weight is 1680 g/mol. The van der Waals surface area contributed by atoms with Crippen LogP contribution in [-0.2, 0) is 23.7 Å².